The molecule has 2 fully saturated rings. The molecule has 0 spiro atoms. The van der Waals surface area contributed by atoms with Crippen LogP contribution in [0.1, 0.15) is 81.4 Å². The van der Waals surface area contributed by atoms with Gasteiger partial charge in [-0.3, -0.25) is 24.0 Å². The summed E-state index contributed by atoms with van der Waals surface area (Å²) in [4.78, 5) is 84.8. The third-order valence-corrected chi connectivity index (χ3v) is 15.8. The molecule has 5 amide bonds. The van der Waals surface area contributed by atoms with Crippen molar-refractivity contribution < 1.29 is 38.6 Å². The number of likely N-dealkylation sites (tertiary alicyclic amines) is 1. The lowest BCUT2D eigenvalue weighted by Gasteiger charge is -2.37. The molecule has 1 saturated carbocycles. The van der Waals surface area contributed by atoms with Gasteiger partial charge in [-0.1, -0.05) is 110 Å². The zero-order chi connectivity index (χ0) is 47.1. The minimum Gasteiger partial charge on any atom is -0.508 e. The molecule has 2 aliphatic rings. The summed E-state index contributed by atoms with van der Waals surface area (Å²) in [5.41, 5.74) is 1.90. The number of nitrogens with one attached hydrogen (secondary N) is 4. The molecule has 4 aromatic carbocycles. The molecule has 15 heteroatoms. The van der Waals surface area contributed by atoms with Gasteiger partial charge >= 0.3 is 5.97 Å². The van der Waals surface area contributed by atoms with E-state index in [0.29, 0.717) is 25.8 Å². The molecule has 13 nitrogen and oxygen atoms in total. The van der Waals surface area contributed by atoms with Crippen molar-refractivity contribution in [3.63, 3.8) is 0 Å². The van der Waals surface area contributed by atoms with Crippen molar-refractivity contribution >= 4 is 62.6 Å². The molecule has 5 atom stereocenters. The van der Waals surface area contributed by atoms with Crippen molar-refractivity contribution in [2.45, 2.75) is 87.7 Å². The van der Waals surface area contributed by atoms with E-state index in [1.165, 1.54) is 37.6 Å². The lowest BCUT2D eigenvalue weighted by molar-refractivity contribution is -0.146. The van der Waals surface area contributed by atoms with Gasteiger partial charge in [0.2, 0.25) is 29.5 Å². The standard InChI is InChI=1S/C51H61N5O8S2/c1-35(57)53-34-65-32-43(54-48(61)45-42(26-31-56(45)36(2)58)37-22-24-40(59)25-23-37)47(60)52-30-29-51(27-14-7-15-28-51)50(63)55-44(49(62)64-3)33-66(41-20-12-6-13-21-41)46(38-16-8-4-9-17-38)39-18-10-5-11-19-39/h4-6,8-13,16-25,42-45,59H,7,14-15,26-34H2,1-3H3,(H,52,60)(H,53,57)(H,54,61)(H,55,63)/t42?,43-,44-,45-,66?/m0/s1. The third-order valence-electron chi connectivity index (χ3n) is 12.4. The summed E-state index contributed by atoms with van der Waals surface area (Å²) in [6.45, 7) is 3.27. The van der Waals surface area contributed by atoms with Crippen LogP contribution in [-0.2, 0) is 33.5 Å². The Morgan fingerprint density at radius 3 is 1.97 bits per heavy atom. The fourth-order valence-electron chi connectivity index (χ4n) is 8.98. The minimum absolute atomic E-state index is 0.0804. The third kappa shape index (κ3) is 12.9. The van der Waals surface area contributed by atoms with Crippen LogP contribution in [0.5, 0.6) is 5.75 Å². The van der Waals surface area contributed by atoms with Crippen molar-refractivity contribution in [3.05, 3.63) is 132 Å². The average molecular weight is 936 g/mol. The van der Waals surface area contributed by atoms with Crippen LogP contribution in [0.3, 0.4) is 0 Å². The fourth-order valence-corrected chi connectivity index (χ4v) is 12.3. The highest BCUT2D eigenvalue weighted by molar-refractivity contribution is 8.16. The highest BCUT2D eigenvalue weighted by Gasteiger charge is 2.44. The van der Waals surface area contributed by atoms with Gasteiger partial charge < -0.3 is 36.0 Å². The number of thioether (sulfide) groups is 1. The number of carbonyl (C=O) groups excluding carboxylic acids is 6. The Labute approximate surface area is 394 Å². The molecule has 0 bridgehead atoms. The van der Waals surface area contributed by atoms with E-state index in [0.717, 1.165) is 45.7 Å². The number of amides is 5. The van der Waals surface area contributed by atoms with Crippen LogP contribution in [0.2, 0.25) is 0 Å². The van der Waals surface area contributed by atoms with Crippen molar-refractivity contribution in [1.82, 2.24) is 26.2 Å². The molecule has 4 aromatic rings. The second kappa shape index (κ2) is 24.0. The van der Waals surface area contributed by atoms with Gasteiger partial charge in [0, 0.05) is 54.1 Å². The Morgan fingerprint density at radius 1 is 0.788 bits per heavy atom. The van der Waals surface area contributed by atoms with Crippen LogP contribution in [-0.4, -0.2) is 106 Å². The number of methoxy groups -OCH3 is 1. The molecule has 0 aromatic heterocycles. The number of ether oxygens (including phenoxy) is 1. The molecule has 5 N–H and O–H groups in total. The smallest absolute Gasteiger partial charge is 0.329 e. The first-order valence-corrected chi connectivity index (χ1v) is 25.0. The zero-order valence-corrected chi connectivity index (χ0v) is 39.5. The zero-order valence-electron chi connectivity index (χ0n) is 37.8. The molecule has 2 unspecified atom stereocenters. The van der Waals surface area contributed by atoms with Crippen LogP contribution < -0.4 is 21.3 Å². The lowest BCUT2D eigenvalue weighted by atomic mass is 9.71. The van der Waals surface area contributed by atoms with Crippen molar-refractivity contribution in [3.8, 4) is 5.75 Å². The summed E-state index contributed by atoms with van der Waals surface area (Å²) in [6, 6.07) is 33.7. The first-order chi connectivity index (χ1) is 31.9. The summed E-state index contributed by atoms with van der Waals surface area (Å²) < 4.78 is 5.37. The molecule has 1 heterocycles. The summed E-state index contributed by atoms with van der Waals surface area (Å²) in [6.07, 6.45) is 4.48. The molecule has 1 aliphatic carbocycles. The molecular weight excluding hydrogens is 875 g/mol. The van der Waals surface area contributed by atoms with Gasteiger partial charge in [-0.15, -0.1) is 22.2 Å². The number of phenolic OH excluding ortho intramolecular Hbond substituents is 1. The predicted molar refractivity (Wildman–Crippen MR) is 260 cm³/mol. The molecule has 66 heavy (non-hydrogen) atoms. The second-order valence-electron chi connectivity index (χ2n) is 16.8. The number of carbonyl (C=O) groups is 6. The van der Waals surface area contributed by atoms with E-state index in [2.05, 4.69) is 45.5 Å². The van der Waals surface area contributed by atoms with Crippen molar-refractivity contribution in [1.29, 1.82) is 0 Å². The number of aromatic hydroxyl groups is 1. The van der Waals surface area contributed by atoms with Crippen LogP contribution in [0.4, 0.5) is 0 Å². The van der Waals surface area contributed by atoms with Gasteiger partial charge in [0.1, 0.15) is 23.9 Å². The normalized spacial score (nSPS) is 17.9. The number of esters is 1. The minimum atomic E-state index is -1.04. The van der Waals surface area contributed by atoms with Gasteiger partial charge in [0.05, 0.1) is 18.4 Å². The van der Waals surface area contributed by atoms with Crippen LogP contribution in [0, 0.1) is 5.41 Å². The van der Waals surface area contributed by atoms with E-state index in [4.69, 9.17) is 4.74 Å². The molecular formula is C51H61N5O8S2. The molecule has 6 rings (SSSR count). The van der Waals surface area contributed by atoms with E-state index in [-0.39, 0.29) is 59.7 Å². The van der Waals surface area contributed by atoms with Crippen LogP contribution in [0.15, 0.2) is 120 Å². The molecule has 1 saturated heterocycles. The summed E-state index contributed by atoms with van der Waals surface area (Å²) in [5, 5.41) is 21.7. The Kier molecular flexibility index (Phi) is 18.0. The van der Waals surface area contributed by atoms with Crippen LogP contribution >= 0.6 is 22.2 Å². The van der Waals surface area contributed by atoms with Gasteiger partial charge in [-0.2, -0.15) is 0 Å². The van der Waals surface area contributed by atoms with E-state index < -0.39 is 51.8 Å². The monoisotopic (exact) mass is 935 g/mol. The summed E-state index contributed by atoms with van der Waals surface area (Å²) in [5.74, 6) is -2.00. The highest BCUT2D eigenvalue weighted by atomic mass is 32.2. The Balaban J connectivity index is 1.22. The number of rotatable bonds is 19. The first-order valence-electron chi connectivity index (χ1n) is 22.5. The van der Waals surface area contributed by atoms with Crippen molar-refractivity contribution in [2.24, 2.45) is 5.41 Å². The Morgan fingerprint density at radius 2 is 1.39 bits per heavy atom. The van der Waals surface area contributed by atoms with Gasteiger partial charge in [0.15, 0.2) is 0 Å². The SMILES string of the molecule is COC(=O)[C@H](CS(=C(c1ccccc1)c1ccccc1)c1ccccc1)NC(=O)C1(CCNC(=O)[C@H](CSCNC(C)=O)NC(=O)[C@@H]2C(c3ccc(O)cc3)CCN2C(C)=O)CCCCC1. The molecule has 350 valence electrons. The number of phenols is 1. The lowest BCUT2D eigenvalue weighted by Crippen LogP contribution is -2.55. The maximum atomic E-state index is 14.8. The quantitative estimate of drug-likeness (QED) is 0.0243. The maximum Gasteiger partial charge on any atom is 0.329 e. The number of hydrogen-bond acceptors (Lipinski definition) is 9. The summed E-state index contributed by atoms with van der Waals surface area (Å²) >= 11 is 1.26. The largest absolute Gasteiger partial charge is 0.508 e. The van der Waals surface area contributed by atoms with Crippen molar-refractivity contribution in [2.75, 3.05) is 37.6 Å². The van der Waals surface area contributed by atoms with E-state index in [9.17, 15) is 33.9 Å². The fraction of sp³-hybridized carbons (Fsp3) is 0.392. The maximum absolute atomic E-state index is 14.8. The van der Waals surface area contributed by atoms with Gasteiger partial charge in [-0.05, 0) is 66.6 Å². The van der Waals surface area contributed by atoms with Gasteiger partial charge in [0.25, 0.3) is 0 Å². The average Bonchev–Trinajstić information content (AvgIpc) is 3.79. The topological polar surface area (TPSA) is 183 Å². The molecule has 0 radical (unpaired) electrons. The second-order valence-corrected chi connectivity index (χ2v) is 19.8. The number of hydrogen-bond donors (Lipinski definition) is 5. The number of nitrogens with zero attached hydrogens (tertiary/aromatic N) is 1. The number of benzene rings is 4. The van der Waals surface area contributed by atoms with Gasteiger partial charge in [-0.25, -0.2) is 4.79 Å². The Hall–Kier alpha value is -5.93. The van der Waals surface area contributed by atoms with Crippen LogP contribution in [0.25, 0.3) is 0 Å². The highest BCUT2D eigenvalue weighted by Crippen LogP contribution is 2.41. The van der Waals surface area contributed by atoms with E-state index in [1.54, 1.807) is 24.3 Å². The summed E-state index contributed by atoms with van der Waals surface area (Å²) in [7, 11) is 0.617. The molecule has 1 aliphatic heterocycles. The predicted octanol–water partition coefficient (Wildman–Crippen LogP) is 6.12. The van der Waals surface area contributed by atoms with E-state index >= 15 is 0 Å². The first kappa shape index (κ1) is 49.5. The van der Waals surface area contributed by atoms with E-state index in [1.807, 2.05) is 66.7 Å². The Bertz CT molecular complexity index is 2280.